The number of hydrogen-bond acceptors (Lipinski definition) is 1. The van der Waals surface area contributed by atoms with E-state index in [9.17, 15) is 0 Å². The van der Waals surface area contributed by atoms with Crippen molar-refractivity contribution in [2.75, 3.05) is 13.1 Å². The summed E-state index contributed by atoms with van der Waals surface area (Å²) < 4.78 is 0. The third-order valence-corrected chi connectivity index (χ3v) is 7.60. The van der Waals surface area contributed by atoms with Crippen LogP contribution in [0.5, 0.6) is 0 Å². The van der Waals surface area contributed by atoms with E-state index in [2.05, 4.69) is 26.1 Å². The van der Waals surface area contributed by atoms with Crippen molar-refractivity contribution < 1.29 is 0 Å². The Morgan fingerprint density at radius 2 is 0.606 bits per heavy atom. The molecule has 0 aliphatic rings. The van der Waals surface area contributed by atoms with Gasteiger partial charge >= 0.3 is 0 Å². The summed E-state index contributed by atoms with van der Waals surface area (Å²) >= 11 is 0. The van der Waals surface area contributed by atoms with E-state index in [1.165, 1.54) is 180 Å². The standard InChI is InChI=1S/C32H67N/c1-4-7-10-13-17-22-27-32(28-23-18-14-11-8-5-2)29-24-19-16-21-26-31-33-30-25-20-15-12-9-6-3/h32-33H,4-31H2,1-3H3. The maximum atomic E-state index is 3.67. The molecule has 0 amide bonds. The summed E-state index contributed by atoms with van der Waals surface area (Å²) in [6.45, 7) is 9.43. The van der Waals surface area contributed by atoms with Crippen molar-refractivity contribution in [2.45, 2.75) is 188 Å². The largest absolute Gasteiger partial charge is 0.317 e. The van der Waals surface area contributed by atoms with Crippen LogP contribution in [0.15, 0.2) is 0 Å². The Kier molecular flexibility index (Phi) is 30.0. The van der Waals surface area contributed by atoms with Gasteiger partial charge in [-0.2, -0.15) is 0 Å². The molecule has 0 atom stereocenters. The van der Waals surface area contributed by atoms with Crippen LogP contribution >= 0.6 is 0 Å². The quantitative estimate of drug-likeness (QED) is 0.108. The molecule has 1 heteroatoms. The average molecular weight is 466 g/mol. The van der Waals surface area contributed by atoms with Crippen molar-refractivity contribution >= 4 is 0 Å². The Labute approximate surface area is 212 Å². The molecule has 0 aliphatic carbocycles. The fraction of sp³-hybridized carbons (Fsp3) is 1.00. The highest BCUT2D eigenvalue weighted by molar-refractivity contribution is 4.62. The van der Waals surface area contributed by atoms with Crippen LogP contribution in [0.3, 0.4) is 0 Å². The molecule has 33 heavy (non-hydrogen) atoms. The smallest absolute Gasteiger partial charge is 0.00489 e. The van der Waals surface area contributed by atoms with Crippen LogP contribution in [0.2, 0.25) is 0 Å². The van der Waals surface area contributed by atoms with Gasteiger partial charge in [-0.25, -0.2) is 0 Å². The second kappa shape index (κ2) is 30.0. The highest BCUT2D eigenvalue weighted by Gasteiger charge is 2.08. The van der Waals surface area contributed by atoms with Crippen LogP contribution in [-0.2, 0) is 0 Å². The average Bonchev–Trinajstić information content (AvgIpc) is 2.83. The van der Waals surface area contributed by atoms with Crippen LogP contribution < -0.4 is 5.32 Å². The Hall–Kier alpha value is -0.0400. The lowest BCUT2D eigenvalue weighted by Gasteiger charge is -2.17. The summed E-state index contributed by atoms with van der Waals surface area (Å²) in [5.41, 5.74) is 0. The number of unbranched alkanes of at least 4 members (excludes halogenated alkanes) is 19. The molecule has 0 bridgehead atoms. The lowest BCUT2D eigenvalue weighted by molar-refractivity contribution is 0.365. The van der Waals surface area contributed by atoms with Gasteiger partial charge in [0.15, 0.2) is 0 Å². The highest BCUT2D eigenvalue weighted by Crippen LogP contribution is 2.24. The van der Waals surface area contributed by atoms with E-state index < -0.39 is 0 Å². The second-order valence-corrected chi connectivity index (χ2v) is 11.1. The minimum atomic E-state index is 1.03. The molecular weight excluding hydrogens is 398 g/mol. The van der Waals surface area contributed by atoms with Crippen LogP contribution in [0.1, 0.15) is 188 Å². The number of rotatable bonds is 29. The van der Waals surface area contributed by atoms with Gasteiger partial charge < -0.3 is 5.32 Å². The summed E-state index contributed by atoms with van der Waals surface area (Å²) in [5.74, 6) is 1.03. The predicted octanol–water partition coefficient (Wildman–Crippen LogP) is 11.4. The minimum Gasteiger partial charge on any atom is -0.317 e. The maximum Gasteiger partial charge on any atom is -0.00489 e. The molecule has 0 aromatic carbocycles. The molecule has 0 unspecified atom stereocenters. The van der Waals surface area contributed by atoms with Gasteiger partial charge in [-0.1, -0.05) is 175 Å². The fourth-order valence-electron chi connectivity index (χ4n) is 5.23. The van der Waals surface area contributed by atoms with E-state index in [1.807, 2.05) is 0 Å². The number of nitrogens with one attached hydrogen (secondary N) is 1. The first-order valence-electron chi connectivity index (χ1n) is 16.1. The van der Waals surface area contributed by atoms with Gasteiger partial charge in [-0.3, -0.25) is 0 Å². The highest BCUT2D eigenvalue weighted by atomic mass is 14.8. The molecule has 0 saturated heterocycles. The molecule has 200 valence electrons. The first kappa shape index (κ1) is 33.0. The van der Waals surface area contributed by atoms with Crippen LogP contribution in [0, 0.1) is 5.92 Å². The van der Waals surface area contributed by atoms with Crippen molar-refractivity contribution in [1.82, 2.24) is 5.32 Å². The van der Waals surface area contributed by atoms with E-state index in [0.29, 0.717) is 0 Å². The Bertz CT molecular complexity index is 310. The van der Waals surface area contributed by atoms with Crippen LogP contribution in [0.4, 0.5) is 0 Å². The molecular formula is C32H67N. The van der Waals surface area contributed by atoms with Crippen molar-refractivity contribution in [3.05, 3.63) is 0 Å². The van der Waals surface area contributed by atoms with Crippen LogP contribution in [0.25, 0.3) is 0 Å². The van der Waals surface area contributed by atoms with Gasteiger partial charge in [0.25, 0.3) is 0 Å². The zero-order chi connectivity index (χ0) is 24.1. The van der Waals surface area contributed by atoms with Crippen molar-refractivity contribution in [3.63, 3.8) is 0 Å². The molecule has 0 heterocycles. The summed E-state index contributed by atoms with van der Waals surface area (Å²) in [6, 6.07) is 0. The lowest BCUT2D eigenvalue weighted by atomic mass is 9.89. The second-order valence-electron chi connectivity index (χ2n) is 11.1. The summed E-state index contributed by atoms with van der Waals surface area (Å²) in [4.78, 5) is 0. The first-order valence-corrected chi connectivity index (χ1v) is 16.1. The van der Waals surface area contributed by atoms with Crippen LogP contribution in [-0.4, -0.2) is 13.1 Å². The molecule has 1 N–H and O–H groups in total. The van der Waals surface area contributed by atoms with E-state index in [-0.39, 0.29) is 0 Å². The molecule has 1 nitrogen and oxygen atoms in total. The monoisotopic (exact) mass is 466 g/mol. The summed E-state index contributed by atoms with van der Waals surface area (Å²) in [6.07, 6.45) is 37.7. The van der Waals surface area contributed by atoms with E-state index in [1.54, 1.807) is 0 Å². The van der Waals surface area contributed by atoms with Crippen molar-refractivity contribution in [3.8, 4) is 0 Å². The molecule has 0 aromatic heterocycles. The zero-order valence-electron chi connectivity index (χ0n) is 23.9. The Morgan fingerprint density at radius 3 is 0.939 bits per heavy atom. The SMILES string of the molecule is CCCCCCCCNCCCCCCCC(CCCCCCCC)CCCCCCCC. The molecule has 0 spiro atoms. The molecule has 0 fully saturated rings. The Balaban J connectivity index is 3.67. The fourth-order valence-corrected chi connectivity index (χ4v) is 5.23. The molecule has 0 saturated carbocycles. The van der Waals surface area contributed by atoms with E-state index in [4.69, 9.17) is 0 Å². The maximum absolute atomic E-state index is 3.67. The topological polar surface area (TPSA) is 12.0 Å². The van der Waals surface area contributed by atoms with Gasteiger partial charge in [0.1, 0.15) is 0 Å². The summed E-state index contributed by atoms with van der Waals surface area (Å²) in [5, 5.41) is 3.67. The van der Waals surface area contributed by atoms with Crippen molar-refractivity contribution in [1.29, 1.82) is 0 Å². The van der Waals surface area contributed by atoms with Gasteiger partial charge in [0.05, 0.1) is 0 Å². The zero-order valence-corrected chi connectivity index (χ0v) is 23.9. The summed E-state index contributed by atoms with van der Waals surface area (Å²) in [7, 11) is 0. The first-order chi connectivity index (χ1) is 16.3. The third-order valence-electron chi connectivity index (χ3n) is 7.60. The lowest BCUT2D eigenvalue weighted by Crippen LogP contribution is -2.16. The molecule has 0 rings (SSSR count). The molecule has 0 radical (unpaired) electrons. The normalized spacial score (nSPS) is 11.6. The van der Waals surface area contributed by atoms with Gasteiger partial charge in [-0.15, -0.1) is 0 Å². The molecule has 0 aromatic rings. The van der Waals surface area contributed by atoms with E-state index in [0.717, 1.165) is 5.92 Å². The van der Waals surface area contributed by atoms with E-state index >= 15 is 0 Å². The third kappa shape index (κ3) is 28.1. The number of hydrogen-bond donors (Lipinski definition) is 1. The Morgan fingerprint density at radius 1 is 0.333 bits per heavy atom. The minimum absolute atomic E-state index is 1.03. The predicted molar refractivity (Wildman–Crippen MR) is 153 cm³/mol. The van der Waals surface area contributed by atoms with Gasteiger partial charge in [0.2, 0.25) is 0 Å². The van der Waals surface area contributed by atoms with Crippen molar-refractivity contribution in [2.24, 2.45) is 5.92 Å². The molecule has 0 aliphatic heterocycles. The van der Waals surface area contributed by atoms with Gasteiger partial charge in [0, 0.05) is 0 Å². The van der Waals surface area contributed by atoms with Gasteiger partial charge in [-0.05, 0) is 31.8 Å².